The Morgan fingerprint density at radius 2 is 1.92 bits per heavy atom. The molecular formula is C11H14O2. The second-order valence-corrected chi connectivity index (χ2v) is 3.59. The summed E-state index contributed by atoms with van der Waals surface area (Å²) in [5.41, 5.74) is 2.46. The van der Waals surface area contributed by atoms with Gasteiger partial charge in [0, 0.05) is 0 Å². The smallest absolute Gasteiger partial charge is 0.335 e. The summed E-state index contributed by atoms with van der Waals surface area (Å²) in [7, 11) is 0. The van der Waals surface area contributed by atoms with Crippen LogP contribution in [0.4, 0.5) is 0 Å². The van der Waals surface area contributed by atoms with Gasteiger partial charge in [-0.05, 0) is 36.1 Å². The summed E-state index contributed by atoms with van der Waals surface area (Å²) >= 11 is 0. The summed E-state index contributed by atoms with van der Waals surface area (Å²) in [6.45, 7) is 6.03. The maximum Gasteiger partial charge on any atom is 0.335 e. The van der Waals surface area contributed by atoms with E-state index in [-0.39, 0.29) is 0 Å². The Hall–Kier alpha value is -1.31. The average Bonchev–Trinajstić information content (AvgIpc) is 2.03. The minimum atomic E-state index is -0.856. The van der Waals surface area contributed by atoms with Crippen molar-refractivity contribution >= 4 is 5.97 Å². The normalized spacial score (nSPS) is 10.5. The highest BCUT2D eigenvalue weighted by Crippen LogP contribution is 2.18. The molecule has 2 heteroatoms. The zero-order valence-electron chi connectivity index (χ0n) is 8.16. The molecule has 70 valence electrons. The van der Waals surface area contributed by atoms with Crippen LogP contribution in [0.25, 0.3) is 0 Å². The zero-order valence-corrected chi connectivity index (χ0v) is 8.16. The molecule has 1 N–H and O–H groups in total. The molecule has 0 aliphatic heterocycles. The van der Waals surface area contributed by atoms with Crippen molar-refractivity contribution in [3.8, 4) is 0 Å². The Kier molecular flexibility index (Phi) is 2.71. The van der Waals surface area contributed by atoms with E-state index in [2.05, 4.69) is 13.8 Å². The molecule has 13 heavy (non-hydrogen) atoms. The highest BCUT2D eigenvalue weighted by atomic mass is 16.4. The maximum absolute atomic E-state index is 10.7. The molecule has 1 aromatic carbocycles. The van der Waals surface area contributed by atoms with E-state index in [1.807, 2.05) is 13.0 Å². The first-order valence-corrected chi connectivity index (χ1v) is 4.35. The van der Waals surface area contributed by atoms with Crippen LogP contribution in [-0.2, 0) is 0 Å². The van der Waals surface area contributed by atoms with Gasteiger partial charge in [-0.2, -0.15) is 0 Å². The molecule has 0 atom stereocenters. The number of carbonyl (C=O) groups is 1. The van der Waals surface area contributed by atoms with Gasteiger partial charge in [0.1, 0.15) is 0 Å². The van der Waals surface area contributed by atoms with Gasteiger partial charge in [0.15, 0.2) is 0 Å². The predicted octanol–water partition coefficient (Wildman–Crippen LogP) is 2.82. The topological polar surface area (TPSA) is 37.3 Å². The molecule has 0 radical (unpaired) electrons. The van der Waals surface area contributed by atoms with Gasteiger partial charge in [-0.1, -0.05) is 19.9 Å². The fraction of sp³-hybridized carbons (Fsp3) is 0.364. The molecule has 0 aromatic heterocycles. The third kappa shape index (κ3) is 2.31. The summed E-state index contributed by atoms with van der Waals surface area (Å²) in [6.07, 6.45) is 0. The number of hydrogen-bond acceptors (Lipinski definition) is 1. The summed E-state index contributed by atoms with van der Waals surface area (Å²) in [5.74, 6) is -0.483. The maximum atomic E-state index is 10.7. The van der Waals surface area contributed by atoms with Crippen LogP contribution in [0.15, 0.2) is 18.2 Å². The third-order valence-electron chi connectivity index (χ3n) is 2.01. The number of rotatable bonds is 2. The van der Waals surface area contributed by atoms with Crippen molar-refractivity contribution < 1.29 is 9.90 Å². The molecule has 0 bridgehead atoms. The van der Waals surface area contributed by atoms with E-state index in [0.29, 0.717) is 11.5 Å². The van der Waals surface area contributed by atoms with Crippen LogP contribution in [0.5, 0.6) is 0 Å². The fourth-order valence-electron chi connectivity index (χ4n) is 1.27. The first-order chi connectivity index (χ1) is 6.00. The van der Waals surface area contributed by atoms with Crippen LogP contribution in [0.2, 0.25) is 0 Å². The number of benzene rings is 1. The quantitative estimate of drug-likeness (QED) is 0.756. The first kappa shape index (κ1) is 9.78. The SMILES string of the molecule is Cc1cc(C(=O)O)cc(C(C)C)c1. The van der Waals surface area contributed by atoms with Crippen LogP contribution in [0.3, 0.4) is 0 Å². The minimum absolute atomic E-state index is 0.373. The molecule has 0 aliphatic rings. The van der Waals surface area contributed by atoms with E-state index in [9.17, 15) is 4.79 Å². The molecule has 0 saturated carbocycles. The van der Waals surface area contributed by atoms with Crippen molar-refractivity contribution in [2.75, 3.05) is 0 Å². The van der Waals surface area contributed by atoms with Gasteiger partial charge in [-0.15, -0.1) is 0 Å². The second kappa shape index (κ2) is 3.60. The van der Waals surface area contributed by atoms with E-state index in [4.69, 9.17) is 5.11 Å². The lowest BCUT2D eigenvalue weighted by atomic mass is 9.98. The van der Waals surface area contributed by atoms with Crippen molar-refractivity contribution in [3.05, 3.63) is 34.9 Å². The molecule has 1 rings (SSSR count). The van der Waals surface area contributed by atoms with E-state index < -0.39 is 5.97 Å². The summed E-state index contributed by atoms with van der Waals surface area (Å²) in [4.78, 5) is 10.7. The Bertz CT molecular complexity index is 327. The van der Waals surface area contributed by atoms with Crippen molar-refractivity contribution in [2.45, 2.75) is 26.7 Å². The van der Waals surface area contributed by atoms with Crippen molar-refractivity contribution in [2.24, 2.45) is 0 Å². The molecule has 0 amide bonds. The molecule has 0 heterocycles. The van der Waals surface area contributed by atoms with Crippen molar-refractivity contribution in [1.82, 2.24) is 0 Å². The molecule has 0 spiro atoms. The highest BCUT2D eigenvalue weighted by molar-refractivity contribution is 5.88. The highest BCUT2D eigenvalue weighted by Gasteiger charge is 2.06. The van der Waals surface area contributed by atoms with Crippen molar-refractivity contribution in [3.63, 3.8) is 0 Å². The number of aryl methyl sites for hydroxylation is 1. The standard InChI is InChI=1S/C11H14O2/c1-7(2)9-4-8(3)5-10(6-9)11(12)13/h4-7H,1-3H3,(H,12,13). The number of carboxylic acid groups (broad SMARTS) is 1. The van der Waals surface area contributed by atoms with Crippen LogP contribution in [0, 0.1) is 6.92 Å². The Morgan fingerprint density at radius 3 is 2.38 bits per heavy atom. The Labute approximate surface area is 78.2 Å². The van der Waals surface area contributed by atoms with Crippen molar-refractivity contribution in [1.29, 1.82) is 0 Å². The van der Waals surface area contributed by atoms with Crippen LogP contribution >= 0.6 is 0 Å². The predicted molar refractivity (Wildman–Crippen MR) is 52.2 cm³/mol. The van der Waals surface area contributed by atoms with Gasteiger partial charge in [0.25, 0.3) is 0 Å². The van der Waals surface area contributed by atoms with Gasteiger partial charge in [-0.3, -0.25) is 0 Å². The van der Waals surface area contributed by atoms with Gasteiger partial charge in [0.05, 0.1) is 5.56 Å². The van der Waals surface area contributed by atoms with Gasteiger partial charge >= 0.3 is 5.97 Å². The fourth-order valence-corrected chi connectivity index (χ4v) is 1.27. The van der Waals surface area contributed by atoms with Crippen LogP contribution in [-0.4, -0.2) is 11.1 Å². The van der Waals surface area contributed by atoms with E-state index in [0.717, 1.165) is 11.1 Å². The zero-order chi connectivity index (χ0) is 10.0. The largest absolute Gasteiger partial charge is 0.478 e. The summed E-state index contributed by atoms with van der Waals surface area (Å²) in [6, 6.07) is 5.45. The average molecular weight is 178 g/mol. The number of carboxylic acids is 1. The molecular weight excluding hydrogens is 164 g/mol. The first-order valence-electron chi connectivity index (χ1n) is 4.35. The van der Waals surface area contributed by atoms with E-state index in [1.54, 1.807) is 12.1 Å². The molecule has 0 aliphatic carbocycles. The van der Waals surface area contributed by atoms with Gasteiger partial charge in [0.2, 0.25) is 0 Å². The number of aromatic carboxylic acids is 1. The van der Waals surface area contributed by atoms with E-state index >= 15 is 0 Å². The molecule has 0 saturated heterocycles. The minimum Gasteiger partial charge on any atom is -0.478 e. The Morgan fingerprint density at radius 1 is 1.31 bits per heavy atom. The summed E-state index contributed by atoms with van der Waals surface area (Å²) in [5, 5.41) is 8.82. The van der Waals surface area contributed by atoms with Gasteiger partial charge in [-0.25, -0.2) is 4.79 Å². The van der Waals surface area contributed by atoms with Crippen LogP contribution in [0.1, 0.15) is 41.3 Å². The molecule has 2 nitrogen and oxygen atoms in total. The lowest BCUT2D eigenvalue weighted by Gasteiger charge is -2.07. The van der Waals surface area contributed by atoms with Gasteiger partial charge < -0.3 is 5.11 Å². The molecule has 0 unspecified atom stereocenters. The lowest BCUT2D eigenvalue weighted by molar-refractivity contribution is 0.0696. The third-order valence-corrected chi connectivity index (χ3v) is 2.01. The number of hydrogen-bond donors (Lipinski definition) is 1. The monoisotopic (exact) mass is 178 g/mol. The van der Waals surface area contributed by atoms with E-state index in [1.165, 1.54) is 0 Å². The lowest BCUT2D eigenvalue weighted by Crippen LogP contribution is -1.99. The summed E-state index contributed by atoms with van der Waals surface area (Å²) < 4.78 is 0. The Balaban J connectivity index is 3.19. The second-order valence-electron chi connectivity index (χ2n) is 3.59. The molecule has 0 fully saturated rings. The van der Waals surface area contributed by atoms with Crippen LogP contribution < -0.4 is 0 Å². The molecule has 1 aromatic rings.